The number of aromatic nitrogens is 5. The quantitative estimate of drug-likeness (QED) is 0.314. The molecular formula is C31H38N6O3. The number of H-pyrrole nitrogens is 1. The smallest absolute Gasteiger partial charge is 0.253 e. The third-order valence-corrected chi connectivity index (χ3v) is 8.38. The second-order valence-corrected chi connectivity index (χ2v) is 11.2. The molecule has 0 spiro atoms. The van der Waals surface area contributed by atoms with Gasteiger partial charge in [0.2, 0.25) is 0 Å². The van der Waals surface area contributed by atoms with Crippen molar-refractivity contribution in [3.8, 4) is 5.75 Å². The van der Waals surface area contributed by atoms with E-state index in [1.165, 1.54) is 6.42 Å². The summed E-state index contributed by atoms with van der Waals surface area (Å²) in [6.07, 6.45) is 7.77. The number of pyridine rings is 1. The summed E-state index contributed by atoms with van der Waals surface area (Å²) >= 11 is 0. The number of aromatic amines is 1. The molecule has 2 fully saturated rings. The Hall–Kier alpha value is -3.56. The summed E-state index contributed by atoms with van der Waals surface area (Å²) < 4.78 is 13.5. The maximum atomic E-state index is 13.8. The van der Waals surface area contributed by atoms with E-state index in [4.69, 9.17) is 9.47 Å². The highest BCUT2D eigenvalue weighted by Crippen LogP contribution is 2.34. The average Bonchev–Trinajstić information content (AvgIpc) is 3.67. The summed E-state index contributed by atoms with van der Waals surface area (Å²) in [5, 5.41) is 14.3. The molecule has 1 aliphatic carbocycles. The van der Waals surface area contributed by atoms with Crippen LogP contribution in [0.5, 0.6) is 5.75 Å². The number of methoxy groups -OCH3 is 1. The summed E-state index contributed by atoms with van der Waals surface area (Å²) in [5.41, 5.74) is 3.62. The largest absolute Gasteiger partial charge is 0.497 e. The van der Waals surface area contributed by atoms with Gasteiger partial charge in [-0.25, -0.2) is 4.68 Å². The minimum Gasteiger partial charge on any atom is -0.497 e. The fraction of sp³-hybridized carbons (Fsp3) is 0.484. The van der Waals surface area contributed by atoms with Crippen LogP contribution in [0, 0.1) is 6.92 Å². The molecule has 0 unspecified atom stereocenters. The molecule has 1 saturated heterocycles. The van der Waals surface area contributed by atoms with E-state index in [-0.39, 0.29) is 17.7 Å². The zero-order valence-corrected chi connectivity index (χ0v) is 23.4. The first-order valence-corrected chi connectivity index (χ1v) is 14.5. The van der Waals surface area contributed by atoms with Crippen LogP contribution in [0.15, 0.2) is 53.3 Å². The zero-order chi connectivity index (χ0) is 27.5. The van der Waals surface area contributed by atoms with Gasteiger partial charge in [-0.05, 0) is 84.3 Å². The number of fused-ring (bicyclic) bond motifs is 1. The summed E-state index contributed by atoms with van der Waals surface area (Å²) in [7, 11) is 1.67. The van der Waals surface area contributed by atoms with Gasteiger partial charge in [0.15, 0.2) is 5.82 Å². The molecule has 9 heteroatoms. The highest BCUT2D eigenvalue weighted by Gasteiger charge is 2.35. The molecule has 40 heavy (non-hydrogen) atoms. The van der Waals surface area contributed by atoms with Crippen molar-refractivity contribution in [3.05, 3.63) is 81.4 Å². The van der Waals surface area contributed by atoms with Gasteiger partial charge in [0.25, 0.3) is 5.56 Å². The van der Waals surface area contributed by atoms with Crippen molar-refractivity contribution in [2.45, 2.75) is 76.6 Å². The first kappa shape index (κ1) is 26.7. The Balaban J connectivity index is 1.49. The lowest BCUT2D eigenvalue weighted by Crippen LogP contribution is -2.39. The summed E-state index contributed by atoms with van der Waals surface area (Å²) in [6.45, 7) is 4.11. The van der Waals surface area contributed by atoms with Crippen LogP contribution in [-0.4, -0.2) is 56.5 Å². The molecular weight excluding hydrogens is 504 g/mol. The van der Waals surface area contributed by atoms with Crippen molar-refractivity contribution in [1.29, 1.82) is 0 Å². The van der Waals surface area contributed by atoms with Crippen LogP contribution in [0.3, 0.4) is 0 Å². The standard InChI is InChI=1S/C31H38N6O3/c1-21-10-15-28-23(17-21)18-27(31(38)32-28)29(30-33-34-35-37(30)24-7-4-3-5-8-24)36(20-26-9-6-16-40-26)19-22-11-13-25(39-2)14-12-22/h10-15,17-18,24,26,29H,3-9,16,19-20H2,1-2H3,(H,32,38)/t26-,29+/m1/s1. The fourth-order valence-corrected chi connectivity index (χ4v) is 6.29. The van der Waals surface area contributed by atoms with E-state index in [1.54, 1.807) is 7.11 Å². The maximum Gasteiger partial charge on any atom is 0.253 e. The van der Waals surface area contributed by atoms with Crippen molar-refractivity contribution in [1.82, 2.24) is 30.1 Å². The van der Waals surface area contributed by atoms with E-state index >= 15 is 0 Å². The molecule has 1 N–H and O–H groups in total. The number of benzene rings is 2. The summed E-state index contributed by atoms with van der Waals surface area (Å²) in [5.74, 6) is 1.53. The molecule has 2 aliphatic rings. The third-order valence-electron chi connectivity index (χ3n) is 8.38. The summed E-state index contributed by atoms with van der Waals surface area (Å²) in [6, 6.07) is 16.0. The van der Waals surface area contributed by atoms with Crippen LogP contribution >= 0.6 is 0 Å². The lowest BCUT2D eigenvalue weighted by molar-refractivity contribution is 0.0567. The molecule has 2 atom stereocenters. The van der Waals surface area contributed by atoms with Gasteiger partial charge in [-0.1, -0.05) is 43.0 Å². The molecule has 6 rings (SSSR count). The molecule has 2 aromatic carbocycles. The second kappa shape index (κ2) is 11.9. The van der Waals surface area contributed by atoms with Crippen LogP contribution in [0.2, 0.25) is 0 Å². The molecule has 4 aromatic rings. The lowest BCUT2D eigenvalue weighted by Gasteiger charge is -2.34. The Morgan fingerprint density at radius 3 is 2.65 bits per heavy atom. The number of nitrogens with zero attached hydrogens (tertiary/aromatic N) is 5. The number of hydrogen-bond acceptors (Lipinski definition) is 7. The minimum atomic E-state index is -0.447. The van der Waals surface area contributed by atoms with Crippen LogP contribution < -0.4 is 10.3 Å². The predicted molar refractivity (Wildman–Crippen MR) is 153 cm³/mol. The number of hydrogen-bond donors (Lipinski definition) is 1. The highest BCUT2D eigenvalue weighted by atomic mass is 16.5. The van der Waals surface area contributed by atoms with Crippen LogP contribution in [0.4, 0.5) is 0 Å². The Bertz CT molecular complexity index is 1490. The van der Waals surface area contributed by atoms with E-state index < -0.39 is 6.04 Å². The van der Waals surface area contributed by atoms with Crippen molar-refractivity contribution in [2.24, 2.45) is 0 Å². The molecule has 210 valence electrons. The van der Waals surface area contributed by atoms with E-state index in [9.17, 15) is 4.79 Å². The fourth-order valence-electron chi connectivity index (χ4n) is 6.29. The first-order valence-electron chi connectivity index (χ1n) is 14.5. The van der Waals surface area contributed by atoms with Crippen molar-refractivity contribution < 1.29 is 9.47 Å². The average molecular weight is 543 g/mol. The molecule has 1 saturated carbocycles. The Kier molecular flexibility index (Phi) is 7.93. The second-order valence-electron chi connectivity index (χ2n) is 11.2. The van der Waals surface area contributed by atoms with Crippen molar-refractivity contribution in [3.63, 3.8) is 0 Å². The number of nitrogens with one attached hydrogen (secondary N) is 1. The minimum absolute atomic E-state index is 0.0848. The van der Waals surface area contributed by atoms with Gasteiger partial charge in [-0.15, -0.1) is 5.10 Å². The van der Waals surface area contributed by atoms with E-state index in [0.29, 0.717) is 18.7 Å². The highest BCUT2D eigenvalue weighted by molar-refractivity contribution is 5.79. The number of ether oxygens (including phenoxy) is 2. The SMILES string of the molecule is COc1ccc(CN(C[C@H]2CCCO2)[C@@H](c2cc3cc(C)ccc3[nH]c2=O)c2nnnn2C2CCCCC2)cc1. The van der Waals surface area contributed by atoms with Crippen molar-refractivity contribution >= 4 is 10.9 Å². The van der Waals surface area contributed by atoms with Gasteiger partial charge >= 0.3 is 0 Å². The van der Waals surface area contributed by atoms with Crippen LogP contribution in [0.25, 0.3) is 10.9 Å². The Morgan fingerprint density at radius 2 is 1.90 bits per heavy atom. The van der Waals surface area contributed by atoms with Gasteiger partial charge in [-0.3, -0.25) is 9.69 Å². The first-order chi connectivity index (χ1) is 19.6. The molecule has 1 aliphatic heterocycles. The van der Waals surface area contributed by atoms with E-state index in [1.807, 2.05) is 35.0 Å². The number of aryl methyl sites for hydroxylation is 1. The summed E-state index contributed by atoms with van der Waals surface area (Å²) in [4.78, 5) is 19.3. The van der Waals surface area contributed by atoms with E-state index in [0.717, 1.165) is 78.7 Å². The van der Waals surface area contributed by atoms with Gasteiger partial charge in [-0.2, -0.15) is 0 Å². The molecule has 3 heterocycles. The lowest BCUT2D eigenvalue weighted by atomic mass is 9.95. The Labute approximate surface area is 234 Å². The predicted octanol–water partition coefficient (Wildman–Crippen LogP) is 5.11. The molecule has 0 amide bonds. The van der Waals surface area contributed by atoms with Gasteiger partial charge < -0.3 is 14.5 Å². The van der Waals surface area contributed by atoms with Crippen molar-refractivity contribution in [2.75, 3.05) is 20.3 Å². The molecule has 2 aromatic heterocycles. The Morgan fingerprint density at radius 1 is 1.07 bits per heavy atom. The zero-order valence-electron chi connectivity index (χ0n) is 23.4. The van der Waals surface area contributed by atoms with Gasteiger partial charge in [0.05, 0.1) is 19.3 Å². The monoisotopic (exact) mass is 542 g/mol. The normalized spacial score (nSPS) is 18.9. The van der Waals surface area contributed by atoms with E-state index in [2.05, 4.69) is 50.5 Å². The van der Waals surface area contributed by atoms with Crippen LogP contribution in [-0.2, 0) is 11.3 Å². The van der Waals surface area contributed by atoms with Crippen LogP contribution in [0.1, 0.15) is 79.5 Å². The molecule has 0 radical (unpaired) electrons. The van der Waals surface area contributed by atoms with Gasteiger partial charge in [0, 0.05) is 30.8 Å². The topological polar surface area (TPSA) is 98.2 Å². The number of tetrazole rings is 1. The maximum absolute atomic E-state index is 13.8. The van der Waals surface area contributed by atoms with Gasteiger partial charge in [0.1, 0.15) is 11.8 Å². The molecule has 9 nitrogen and oxygen atoms in total. The number of rotatable bonds is 9. The molecule has 0 bridgehead atoms. The third kappa shape index (κ3) is 5.67.